The molecule has 0 atom stereocenters. The second-order valence-corrected chi connectivity index (χ2v) is 5.66. The molecule has 1 aliphatic rings. The van der Waals surface area contributed by atoms with Crippen LogP contribution in [0.15, 0.2) is 24.3 Å². The summed E-state index contributed by atoms with van der Waals surface area (Å²) in [6.45, 7) is 0.890. The number of rotatable bonds is 5. The molecule has 1 fully saturated rings. The first-order valence-electron chi connectivity index (χ1n) is 6.52. The van der Waals surface area contributed by atoms with E-state index in [-0.39, 0.29) is 0 Å². The fourth-order valence-corrected chi connectivity index (χ4v) is 2.54. The smallest absolute Gasteiger partial charge is 0.369 e. The van der Waals surface area contributed by atoms with E-state index in [1.54, 1.807) is 12.1 Å². The number of benzene rings is 1. The summed E-state index contributed by atoms with van der Waals surface area (Å²) in [7, 11) is 0. The van der Waals surface area contributed by atoms with Crippen molar-refractivity contribution >= 4 is 21.6 Å². The van der Waals surface area contributed by atoms with Gasteiger partial charge in [-0.25, -0.2) is 0 Å². The van der Waals surface area contributed by atoms with Gasteiger partial charge in [-0.15, -0.1) is 0 Å². The zero-order valence-electron chi connectivity index (χ0n) is 10.6. The van der Waals surface area contributed by atoms with Gasteiger partial charge in [0.05, 0.1) is 5.56 Å². The lowest BCUT2D eigenvalue weighted by Gasteiger charge is -2.39. The normalized spacial score (nSPS) is 16.2. The molecule has 2 rings (SSSR count). The van der Waals surface area contributed by atoms with E-state index in [0.717, 1.165) is 36.8 Å². The quantitative estimate of drug-likeness (QED) is 0.695. The molecule has 0 unspecified atom stereocenters. The summed E-state index contributed by atoms with van der Waals surface area (Å²) in [6.07, 6.45) is 0.246. The van der Waals surface area contributed by atoms with Crippen molar-refractivity contribution in [1.82, 2.24) is 0 Å². The second-order valence-electron chi connectivity index (χ2n) is 4.87. The lowest BCUT2D eigenvalue weighted by molar-refractivity contribution is -0.137. The van der Waals surface area contributed by atoms with E-state index < -0.39 is 11.7 Å². The monoisotopic (exact) mass is 335 g/mol. The Kier molecular flexibility index (Phi) is 4.76. The Labute approximate surface area is 119 Å². The maximum atomic E-state index is 12.5. The molecule has 0 aromatic heterocycles. The number of hydrogen-bond donors (Lipinski definition) is 0. The van der Waals surface area contributed by atoms with Crippen LogP contribution in [0.25, 0.3) is 0 Å². The highest BCUT2D eigenvalue weighted by atomic mass is 79.9. The van der Waals surface area contributed by atoms with Gasteiger partial charge in [-0.1, -0.05) is 15.9 Å². The molecule has 0 bridgehead atoms. The SMILES string of the molecule is FC(F)(F)c1ccc(N(CCCBr)C2CCC2)cc1. The minimum absolute atomic E-state index is 0.496. The minimum atomic E-state index is -4.25. The van der Waals surface area contributed by atoms with Gasteiger partial charge >= 0.3 is 6.18 Å². The van der Waals surface area contributed by atoms with Crippen LogP contribution >= 0.6 is 15.9 Å². The third-order valence-electron chi connectivity index (χ3n) is 3.57. The Morgan fingerprint density at radius 2 is 1.79 bits per heavy atom. The van der Waals surface area contributed by atoms with Crippen LogP contribution in [0.4, 0.5) is 18.9 Å². The van der Waals surface area contributed by atoms with Crippen molar-refractivity contribution in [1.29, 1.82) is 0 Å². The van der Waals surface area contributed by atoms with Crippen molar-refractivity contribution in [3.05, 3.63) is 29.8 Å². The van der Waals surface area contributed by atoms with Gasteiger partial charge in [0, 0.05) is 23.6 Å². The summed E-state index contributed by atoms with van der Waals surface area (Å²) in [4.78, 5) is 2.24. The van der Waals surface area contributed by atoms with E-state index in [1.807, 2.05) is 0 Å². The number of hydrogen-bond acceptors (Lipinski definition) is 1. The molecule has 106 valence electrons. The van der Waals surface area contributed by atoms with Gasteiger partial charge in [-0.05, 0) is 49.9 Å². The number of anilines is 1. The van der Waals surface area contributed by atoms with Gasteiger partial charge in [0.1, 0.15) is 0 Å². The molecule has 0 aliphatic heterocycles. The molecule has 5 heteroatoms. The fourth-order valence-electron chi connectivity index (χ4n) is 2.29. The Balaban J connectivity index is 2.12. The Morgan fingerprint density at radius 1 is 1.16 bits per heavy atom. The van der Waals surface area contributed by atoms with Gasteiger partial charge in [0.2, 0.25) is 0 Å². The standard InChI is InChI=1S/C14H17BrF3N/c15-9-2-10-19(12-3-1-4-12)13-7-5-11(6-8-13)14(16,17)18/h5-8,12H,1-4,9-10H2. The van der Waals surface area contributed by atoms with Crippen molar-refractivity contribution in [2.75, 3.05) is 16.8 Å². The van der Waals surface area contributed by atoms with Crippen LogP contribution in [0.3, 0.4) is 0 Å². The first-order valence-corrected chi connectivity index (χ1v) is 7.64. The maximum Gasteiger partial charge on any atom is 0.416 e. The molecular formula is C14H17BrF3N. The summed E-state index contributed by atoms with van der Waals surface area (Å²) < 4.78 is 37.6. The average Bonchev–Trinajstić information content (AvgIpc) is 2.31. The van der Waals surface area contributed by atoms with Crippen molar-refractivity contribution in [2.24, 2.45) is 0 Å². The van der Waals surface area contributed by atoms with E-state index in [0.29, 0.717) is 6.04 Å². The predicted octanol–water partition coefficient (Wildman–Crippen LogP) is 4.85. The summed E-state index contributed by atoms with van der Waals surface area (Å²) >= 11 is 3.40. The van der Waals surface area contributed by atoms with Crippen LogP contribution in [-0.2, 0) is 6.18 Å². The van der Waals surface area contributed by atoms with Gasteiger partial charge in [0.15, 0.2) is 0 Å². The van der Waals surface area contributed by atoms with E-state index in [2.05, 4.69) is 20.8 Å². The lowest BCUT2D eigenvalue weighted by Crippen LogP contribution is -2.41. The maximum absolute atomic E-state index is 12.5. The first kappa shape index (κ1) is 14.7. The van der Waals surface area contributed by atoms with Gasteiger partial charge in [-0.3, -0.25) is 0 Å². The fraction of sp³-hybridized carbons (Fsp3) is 0.571. The zero-order valence-corrected chi connectivity index (χ0v) is 12.2. The topological polar surface area (TPSA) is 3.24 Å². The third-order valence-corrected chi connectivity index (χ3v) is 4.14. The van der Waals surface area contributed by atoms with Crippen LogP contribution in [0.1, 0.15) is 31.2 Å². The van der Waals surface area contributed by atoms with Gasteiger partial charge in [-0.2, -0.15) is 13.2 Å². The van der Waals surface area contributed by atoms with Crippen LogP contribution in [0.5, 0.6) is 0 Å². The van der Waals surface area contributed by atoms with Crippen LogP contribution in [0, 0.1) is 0 Å². The van der Waals surface area contributed by atoms with Crippen LogP contribution in [0.2, 0.25) is 0 Å². The molecule has 1 aliphatic carbocycles. The van der Waals surface area contributed by atoms with E-state index in [9.17, 15) is 13.2 Å². The molecule has 1 aromatic rings. The van der Waals surface area contributed by atoms with Crippen molar-refractivity contribution in [3.8, 4) is 0 Å². The highest BCUT2D eigenvalue weighted by Gasteiger charge is 2.31. The molecule has 0 radical (unpaired) electrons. The number of nitrogens with zero attached hydrogens (tertiary/aromatic N) is 1. The largest absolute Gasteiger partial charge is 0.416 e. The molecule has 0 amide bonds. The molecule has 0 heterocycles. The third kappa shape index (κ3) is 3.65. The highest BCUT2D eigenvalue weighted by Crippen LogP contribution is 2.33. The zero-order chi connectivity index (χ0) is 13.9. The van der Waals surface area contributed by atoms with E-state index in [4.69, 9.17) is 0 Å². The Morgan fingerprint density at radius 3 is 2.21 bits per heavy atom. The number of halogens is 4. The molecule has 1 nitrogen and oxygen atoms in total. The van der Waals surface area contributed by atoms with Gasteiger partial charge < -0.3 is 4.90 Å². The molecule has 0 N–H and O–H groups in total. The van der Waals surface area contributed by atoms with Crippen LogP contribution < -0.4 is 4.90 Å². The van der Waals surface area contributed by atoms with Crippen molar-refractivity contribution in [2.45, 2.75) is 37.9 Å². The molecule has 19 heavy (non-hydrogen) atoms. The molecule has 0 spiro atoms. The van der Waals surface area contributed by atoms with Gasteiger partial charge in [0.25, 0.3) is 0 Å². The van der Waals surface area contributed by atoms with Crippen molar-refractivity contribution < 1.29 is 13.2 Å². The minimum Gasteiger partial charge on any atom is -0.369 e. The molecular weight excluding hydrogens is 319 g/mol. The first-order chi connectivity index (χ1) is 9.02. The summed E-state index contributed by atoms with van der Waals surface area (Å²) in [5.41, 5.74) is 0.323. The summed E-state index contributed by atoms with van der Waals surface area (Å²) in [5, 5.41) is 0.914. The van der Waals surface area contributed by atoms with E-state index in [1.165, 1.54) is 18.6 Å². The highest BCUT2D eigenvalue weighted by molar-refractivity contribution is 9.09. The average molecular weight is 336 g/mol. The summed E-state index contributed by atoms with van der Waals surface area (Å²) in [5.74, 6) is 0. The number of alkyl halides is 4. The predicted molar refractivity (Wildman–Crippen MR) is 74.8 cm³/mol. The molecule has 1 aromatic carbocycles. The Hall–Kier alpha value is -0.710. The van der Waals surface area contributed by atoms with Crippen LogP contribution in [-0.4, -0.2) is 17.9 Å². The second kappa shape index (κ2) is 6.16. The van der Waals surface area contributed by atoms with E-state index >= 15 is 0 Å². The summed E-state index contributed by atoms with van der Waals surface area (Å²) in [6, 6.07) is 6.03. The molecule has 1 saturated carbocycles. The molecule has 0 saturated heterocycles. The lowest BCUT2D eigenvalue weighted by atomic mass is 9.91. The van der Waals surface area contributed by atoms with Crippen molar-refractivity contribution in [3.63, 3.8) is 0 Å². The Bertz CT molecular complexity index is 398.